The number of methoxy groups -OCH3 is 2. The summed E-state index contributed by atoms with van der Waals surface area (Å²) in [5.41, 5.74) is 0.319. The van der Waals surface area contributed by atoms with E-state index >= 15 is 0 Å². The van der Waals surface area contributed by atoms with Crippen molar-refractivity contribution in [1.29, 1.82) is 0 Å². The predicted molar refractivity (Wildman–Crippen MR) is 119 cm³/mol. The van der Waals surface area contributed by atoms with Crippen LogP contribution in [0, 0.1) is 5.82 Å². The van der Waals surface area contributed by atoms with Gasteiger partial charge < -0.3 is 14.8 Å². The average molecular weight is 486 g/mol. The van der Waals surface area contributed by atoms with Crippen LogP contribution in [-0.2, 0) is 14.8 Å². The largest absolute Gasteiger partial charge is 0.493 e. The number of carbonyl (C=O) groups excluding carboxylic acids is 1. The van der Waals surface area contributed by atoms with E-state index in [1.807, 2.05) is 4.90 Å². The first-order chi connectivity index (χ1) is 15.2. The lowest BCUT2D eigenvalue weighted by Gasteiger charge is -2.36. The molecule has 1 N–H and O–H groups in total. The van der Waals surface area contributed by atoms with Gasteiger partial charge in [-0.05, 0) is 37.3 Å². The summed E-state index contributed by atoms with van der Waals surface area (Å²) >= 11 is 5.97. The third kappa shape index (κ3) is 5.15. The van der Waals surface area contributed by atoms with Gasteiger partial charge in [-0.1, -0.05) is 11.6 Å². The number of rotatable bonds is 7. The molecule has 0 bridgehead atoms. The Kier molecular flexibility index (Phi) is 7.60. The van der Waals surface area contributed by atoms with Crippen LogP contribution in [0.4, 0.5) is 10.1 Å². The molecule has 0 saturated carbocycles. The molecular weight excluding hydrogens is 461 g/mol. The highest BCUT2D eigenvalue weighted by Crippen LogP contribution is 2.31. The Bertz CT molecular complexity index is 1090. The second-order valence-corrected chi connectivity index (χ2v) is 9.59. The lowest BCUT2D eigenvalue weighted by molar-refractivity contribution is -0.121. The monoisotopic (exact) mass is 485 g/mol. The first-order valence-electron chi connectivity index (χ1n) is 9.89. The van der Waals surface area contributed by atoms with Crippen molar-refractivity contribution in [3.05, 3.63) is 47.2 Å². The molecule has 11 heteroatoms. The minimum absolute atomic E-state index is 0.108. The molecule has 32 heavy (non-hydrogen) atoms. The summed E-state index contributed by atoms with van der Waals surface area (Å²) in [6, 6.07) is 7.67. The third-order valence-electron chi connectivity index (χ3n) is 5.38. The second kappa shape index (κ2) is 10.0. The molecule has 174 valence electrons. The summed E-state index contributed by atoms with van der Waals surface area (Å²) in [7, 11) is -0.808. The van der Waals surface area contributed by atoms with Crippen LogP contribution in [0.3, 0.4) is 0 Å². The first kappa shape index (κ1) is 24.2. The standard InChI is InChI=1S/C21H25ClFN3O5S/c1-14(21(27)24-18-6-4-15(23)12-17(18)22)25-8-10-26(11-9-25)32(28,29)16-5-7-19(30-2)20(13-16)31-3/h4-7,12-14H,8-11H2,1-3H3,(H,24,27). The zero-order valence-corrected chi connectivity index (χ0v) is 19.5. The lowest BCUT2D eigenvalue weighted by atomic mass is 10.2. The maximum atomic E-state index is 13.2. The highest BCUT2D eigenvalue weighted by molar-refractivity contribution is 7.89. The van der Waals surface area contributed by atoms with Crippen molar-refractivity contribution in [2.45, 2.75) is 17.9 Å². The maximum absolute atomic E-state index is 13.2. The van der Waals surface area contributed by atoms with E-state index in [0.29, 0.717) is 30.3 Å². The fourth-order valence-electron chi connectivity index (χ4n) is 3.45. The molecule has 1 saturated heterocycles. The number of hydrogen-bond donors (Lipinski definition) is 1. The smallest absolute Gasteiger partial charge is 0.243 e. The highest BCUT2D eigenvalue weighted by Gasteiger charge is 2.32. The van der Waals surface area contributed by atoms with Crippen molar-refractivity contribution < 1.29 is 27.1 Å². The number of anilines is 1. The number of sulfonamides is 1. The Balaban J connectivity index is 1.64. The molecule has 8 nitrogen and oxygen atoms in total. The molecule has 1 fully saturated rings. The summed E-state index contributed by atoms with van der Waals surface area (Å²) in [5, 5.41) is 2.80. The molecule has 0 radical (unpaired) electrons. The van der Waals surface area contributed by atoms with Crippen LogP contribution < -0.4 is 14.8 Å². The van der Waals surface area contributed by atoms with E-state index in [9.17, 15) is 17.6 Å². The van der Waals surface area contributed by atoms with Gasteiger partial charge in [0, 0.05) is 32.2 Å². The number of amides is 1. The van der Waals surface area contributed by atoms with E-state index in [4.69, 9.17) is 21.1 Å². The number of ether oxygens (including phenoxy) is 2. The fraction of sp³-hybridized carbons (Fsp3) is 0.381. The Labute approximate surface area is 191 Å². The van der Waals surface area contributed by atoms with Gasteiger partial charge in [-0.3, -0.25) is 9.69 Å². The molecule has 1 aliphatic rings. The first-order valence-corrected chi connectivity index (χ1v) is 11.7. The van der Waals surface area contributed by atoms with E-state index in [1.165, 1.54) is 42.8 Å². The third-order valence-corrected chi connectivity index (χ3v) is 7.59. The van der Waals surface area contributed by atoms with Crippen molar-refractivity contribution >= 4 is 33.2 Å². The lowest BCUT2D eigenvalue weighted by Crippen LogP contribution is -2.53. The van der Waals surface area contributed by atoms with Gasteiger partial charge >= 0.3 is 0 Å². The van der Waals surface area contributed by atoms with Gasteiger partial charge in [-0.25, -0.2) is 12.8 Å². The van der Waals surface area contributed by atoms with Gasteiger partial charge in [0.25, 0.3) is 0 Å². The van der Waals surface area contributed by atoms with Crippen molar-refractivity contribution in [3.63, 3.8) is 0 Å². The molecule has 1 amide bonds. The van der Waals surface area contributed by atoms with Crippen LogP contribution in [0.5, 0.6) is 11.5 Å². The van der Waals surface area contributed by atoms with E-state index < -0.39 is 21.9 Å². The number of carbonyl (C=O) groups is 1. The van der Waals surface area contributed by atoms with Gasteiger partial charge in [0.05, 0.1) is 35.9 Å². The van der Waals surface area contributed by atoms with Crippen molar-refractivity contribution in [2.75, 3.05) is 45.7 Å². The van der Waals surface area contributed by atoms with Crippen molar-refractivity contribution in [3.8, 4) is 11.5 Å². The Morgan fingerprint density at radius 1 is 1.06 bits per heavy atom. The van der Waals surface area contributed by atoms with Gasteiger partial charge in [0.1, 0.15) is 5.82 Å². The fourth-order valence-corrected chi connectivity index (χ4v) is 5.10. The maximum Gasteiger partial charge on any atom is 0.243 e. The van der Waals surface area contributed by atoms with Crippen molar-refractivity contribution in [1.82, 2.24) is 9.21 Å². The van der Waals surface area contributed by atoms with Crippen molar-refractivity contribution in [2.24, 2.45) is 0 Å². The molecule has 1 aliphatic heterocycles. The van der Waals surface area contributed by atoms with Crippen LogP contribution in [0.25, 0.3) is 0 Å². The Hall–Kier alpha value is -2.40. The summed E-state index contributed by atoms with van der Waals surface area (Å²) in [6.07, 6.45) is 0. The van der Waals surface area contributed by atoms with Gasteiger partial charge in [-0.2, -0.15) is 4.31 Å². The molecule has 1 atom stereocenters. The SMILES string of the molecule is COc1ccc(S(=O)(=O)N2CCN(C(C)C(=O)Nc3ccc(F)cc3Cl)CC2)cc1OC. The summed E-state index contributed by atoms with van der Waals surface area (Å²) in [6.45, 7) is 2.93. The molecule has 0 spiro atoms. The number of hydrogen-bond acceptors (Lipinski definition) is 6. The van der Waals surface area contributed by atoms with Gasteiger partial charge in [0.2, 0.25) is 15.9 Å². The molecular formula is C21H25ClFN3O5S. The highest BCUT2D eigenvalue weighted by atomic mass is 35.5. The molecule has 2 aromatic rings. The van der Waals surface area contributed by atoms with Crippen LogP contribution in [0.1, 0.15) is 6.92 Å². The molecule has 2 aromatic carbocycles. The quantitative estimate of drug-likeness (QED) is 0.649. The Morgan fingerprint density at radius 2 is 1.72 bits per heavy atom. The van der Waals surface area contributed by atoms with Gasteiger partial charge in [0.15, 0.2) is 11.5 Å². The minimum atomic E-state index is -3.73. The second-order valence-electron chi connectivity index (χ2n) is 7.25. The predicted octanol–water partition coefficient (Wildman–Crippen LogP) is 2.83. The van der Waals surface area contributed by atoms with Crippen LogP contribution in [0.2, 0.25) is 5.02 Å². The van der Waals surface area contributed by atoms with E-state index in [2.05, 4.69) is 5.32 Å². The zero-order valence-electron chi connectivity index (χ0n) is 18.0. The van der Waals surface area contributed by atoms with Crippen LogP contribution in [0.15, 0.2) is 41.3 Å². The average Bonchev–Trinajstić information content (AvgIpc) is 2.79. The van der Waals surface area contributed by atoms with E-state index in [1.54, 1.807) is 13.0 Å². The summed E-state index contributed by atoms with van der Waals surface area (Å²) in [4.78, 5) is 14.6. The normalized spacial score (nSPS) is 16.4. The van der Waals surface area contributed by atoms with E-state index in [-0.39, 0.29) is 28.9 Å². The van der Waals surface area contributed by atoms with Crippen LogP contribution >= 0.6 is 11.6 Å². The number of benzene rings is 2. The summed E-state index contributed by atoms with van der Waals surface area (Å²) in [5.74, 6) is -0.0307. The molecule has 3 rings (SSSR count). The molecule has 0 aromatic heterocycles. The molecule has 1 heterocycles. The number of halogens is 2. The van der Waals surface area contributed by atoms with E-state index in [0.717, 1.165) is 6.07 Å². The summed E-state index contributed by atoms with van der Waals surface area (Å²) < 4.78 is 51.1. The topological polar surface area (TPSA) is 88.2 Å². The number of piperazine rings is 1. The number of nitrogens with zero attached hydrogens (tertiary/aromatic N) is 2. The van der Waals surface area contributed by atoms with Gasteiger partial charge in [-0.15, -0.1) is 0 Å². The zero-order chi connectivity index (χ0) is 23.5. The molecule has 0 aliphatic carbocycles. The Morgan fingerprint density at radius 3 is 2.31 bits per heavy atom. The van der Waals surface area contributed by atoms with Crippen LogP contribution in [-0.4, -0.2) is 70.0 Å². The minimum Gasteiger partial charge on any atom is -0.493 e. The molecule has 1 unspecified atom stereocenters. The number of nitrogens with one attached hydrogen (secondary N) is 1.